The Morgan fingerprint density at radius 3 is 2.45 bits per heavy atom. The summed E-state index contributed by atoms with van der Waals surface area (Å²) in [6.07, 6.45) is 0.265. The first-order valence-electron chi connectivity index (χ1n) is 9.85. The molecule has 0 bridgehead atoms. The summed E-state index contributed by atoms with van der Waals surface area (Å²) < 4.78 is 0. The van der Waals surface area contributed by atoms with Gasteiger partial charge in [-0.1, -0.05) is 18.2 Å². The lowest BCUT2D eigenvalue weighted by atomic mass is 10.1. The SMILES string of the molecule is CC(=O)N(CCC(=O)N1CCN(c2cccc(C)c2)CC1)c1cccc(C#N)c1. The van der Waals surface area contributed by atoms with E-state index < -0.39 is 0 Å². The fourth-order valence-electron chi connectivity index (χ4n) is 3.62. The molecule has 6 heteroatoms. The van der Waals surface area contributed by atoms with Crippen molar-refractivity contribution >= 4 is 23.2 Å². The van der Waals surface area contributed by atoms with Crippen LogP contribution in [0.2, 0.25) is 0 Å². The maximum atomic E-state index is 12.7. The Morgan fingerprint density at radius 2 is 1.79 bits per heavy atom. The topological polar surface area (TPSA) is 67.7 Å². The van der Waals surface area contributed by atoms with Crippen LogP contribution in [-0.4, -0.2) is 49.4 Å². The smallest absolute Gasteiger partial charge is 0.224 e. The summed E-state index contributed by atoms with van der Waals surface area (Å²) in [4.78, 5) is 30.5. The van der Waals surface area contributed by atoms with Gasteiger partial charge in [-0.05, 0) is 42.8 Å². The van der Waals surface area contributed by atoms with Crippen molar-refractivity contribution in [1.82, 2.24) is 4.90 Å². The van der Waals surface area contributed by atoms with Gasteiger partial charge in [0.2, 0.25) is 11.8 Å². The summed E-state index contributed by atoms with van der Waals surface area (Å²) in [6, 6.07) is 17.4. The van der Waals surface area contributed by atoms with Crippen LogP contribution in [-0.2, 0) is 9.59 Å². The van der Waals surface area contributed by atoms with Gasteiger partial charge in [0.25, 0.3) is 0 Å². The van der Waals surface area contributed by atoms with Crippen LogP contribution >= 0.6 is 0 Å². The second-order valence-corrected chi connectivity index (χ2v) is 7.29. The summed E-state index contributed by atoms with van der Waals surface area (Å²) in [5, 5.41) is 9.07. The number of rotatable bonds is 5. The minimum absolute atomic E-state index is 0.0524. The molecule has 2 aromatic rings. The van der Waals surface area contributed by atoms with Crippen molar-refractivity contribution in [1.29, 1.82) is 5.26 Å². The highest BCUT2D eigenvalue weighted by atomic mass is 16.2. The normalized spacial score (nSPS) is 13.7. The maximum absolute atomic E-state index is 12.7. The molecule has 1 saturated heterocycles. The largest absolute Gasteiger partial charge is 0.368 e. The van der Waals surface area contributed by atoms with Crippen molar-refractivity contribution in [3.63, 3.8) is 0 Å². The predicted molar refractivity (Wildman–Crippen MR) is 114 cm³/mol. The average Bonchev–Trinajstić information content (AvgIpc) is 2.74. The van der Waals surface area contributed by atoms with Crippen LogP contribution in [0, 0.1) is 18.3 Å². The van der Waals surface area contributed by atoms with E-state index in [4.69, 9.17) is 5.26 Å². The summed E-state index contributed by atoms with van der Waals surface area (Å²) in [5.74, 6) is -0.0891. The molecule has 0 aliphatic carbocycles. The molecular formula is C23H26N4O2. The molecule has 0 saturated carbocycles. The molecule has 0 N–H and O–H groups in total. The second-order valence-electron chi connectivity index (χ2n) is 7.29. The number of hydrogen-bond donors (Lipinski definition) is 0. The van der Waals surface area contributed by atoms with Gasteiger partial charge in [-0.25, -0.2) is 0 Å². The summed E-state index contributed by atoms with van der Waals surface area (Å²) in [6.45, 7) is 6.82. The molecule has 1 aliphatic heterocycles. The van der Waals surface area contributed by atoms with Gasteiger partial charge in [-0.15, -0.1) is 0 Å². The third-order valence-corrected chi connectivity index (χ3v) is 5.22. The van der Waals surface area contributed by atoms with Crippen molar-refractivity contribution < 1.29 is 9.59 Å². The highest BCUT2D eigenvalue weighted by molar-refractivity contribution is 5.92. The Bertz CT molecular complexity index is 926. The number of piperazine rings is 1. The Morgan fingerprint density at radius 1 is 1.07 bits per heavy atom. The number of nitrogens with zero attached hydrogens (tertiary/aromatic N) is 4. The molecule has 0 radical (unpaired) electrons. The Balaban J connectivity index is 1.56. The standard InChI is InChI=1S/C23H26N4O2/c1-18-5-3-7-21(15-18)25-11-13-26(14-12-25)23(29)9-10-27(19(2)28)22-8-4-6-20(16-22)17-24/h3-8,15-16H,9-14H2,1-2H3. The van der Waals surface area contributed by atoms with Crippen molar-refractivity contribution in [2.24, 2.45) is 0 Å². The zero-order chi connectivity index (χ0) is 20.8. The molecule has 29 heavy (non-hydrogen) atoms. The third kappa shape index (κ3) is 5.14. The van der Waals surface area contributed by atoms with Gasteiger partial charge in [0, 0.05) is 57.4 Å². The van der Waals surface area contributed by atoms with Gasteiger partial charge in [-0.3, -0.25) is 9.59 Å². The molecule has 2 amide bonds. The highest BCUT2D eigenvalue weighted by Gasteiger charge is 2.22. The van der Waals surface area contributed by atoms with Gasteiger partial charge >= 0.3 is 0 Å². The zero-order valence-corrected chi connectivity index (χ0v) is 17.0. The Kier molecular flexibility index (Phi) is 6.50. The zero-order valence-electron chi connectivity index (χ0n) is 17.0. The molecule has 150 valence electrons. The number of amides is 2. The summed E-state index contributed by atoms with van der Waals surface area (Å²) in [5.41, 5.74) is 3.56. The Labute approximate surface area is 171 Å². The van der Waals surface area contributed by atoms with Crippen LogP contribution in [0.15, 0.2) is 48.5 Å². The van der Waals surface area contributed by atoms with E-state index in [2.05, 4.69) is 42.2 Å². The first kappa shape index (κ1) is 20.4. The highest BCUT2D eigenvalue weighted by Crippen LogP contribution is 2.19. The van der Waals surface area contributed by atoms with Crippen molar-refractivity contribution in [3.8, 4) is 6.07 Å². The van der Waals surface area contributed by atoms with E-state index in [1.165, 1.54) is 18.2 Å². The molecule has 2 aromatic carbocycles. The number of carbonyl (C=O) groups is 2. The predicted octanol–water partition coefficient (Wildman–Crippen LogP) is 2.96. The van der Waals surface area contributed by atoms with E-state index in [0.29, 0.717) is 30.9 Å². The number of nitriles is 1. The van der Waals surface area contributed by atoms with E-state index in [1.54, 1.807) is 29.2 Å². The van der Waals surface area contributed by atoms with Crippen LogP contribution in [0.1, 0.15) is 24.5 Å². The molecule has 0 spiro atoms. The van der Waals surface area contributed by atoms with E-state index in [-0.39, 0.29) is 18.2 Å². The van der Waals surface area contributed by atoms with Crippen molar-refractivity contribution in [3.05, 3.63) is 59.7 Å². The molecule has 1 heterocycles. The van der Waals surface area contributed by atoms with E-state index in [1.807, 2.05) is 4.90 Å². The van der Waals surface area contributed by atoms with Crippen LogP contribution in [0.5, 0.6) is 0 Å². The molecule has 1 fully saturated rings. The number of carbonyl (C=O) groups excluding carboxylic acids is 2. The lowest BCUT2D eigenvalue weighted by molar-refractivity contribution is -0.131. The summed E-state index contributed by atoms with van der Waals surface area (Å²) >= 11 is 0. The molecule has 0 atom stereocenters. The lowest BCUT2D eigenvalue weighted by Gasteiger charge is -2.36. The number of benzene rings is 2. The van der Waals surface area contributed by atoms with Crippen molar-refractivity contribution in [2.45, 2.75) is 20.3 Å². The molecule has 0 aromatic heterocycles. The molecule has 0 unspecified atom stereocenters. The first-order chi connectivity index (χ1) is 14.0. The molecule has 1 aliphatic rings. The Hall–Kier alpha value is -3.33. The van der Waals surface area contributed by atoms with Crippen LogP contribution < -0.4 is 9.80 Å². The second kappa shape index (κ2) is 9.24. The average molecular weight is 390 g/mol. The third-order valence-electron chi connectivity index (χ3n) is 5.22. The molecule has 3 rings (SSSR count). The maximum Gasteiger partial charge on any atom is 0.224 e. The minimum Gasteiger partial charge on any atom is -0.368 e. The lowest BCUT2D eigenvalue weighted by Crippen LogP contribution is -2.49. The van der Waals surface area contributed by atoms with E-state index in [9.17, 15) is 9.59 Å². The minimum atomic E-state index is -0.142. The van der Waals surface area contributed by atoms with Gasteiger partial charge in [0.15, 0.2) is 0 Å². The van der Waals surface area contributed by atoms with Gasteiger partial charge < -0.3 is 14.7 Å². The van der Waals surface area contributed by atoms with Crippen molar-refractivity contribution in [2.75, 3.05) is 42.5 Å². The van der Waals surface area contributed by atoms with Crippen LogP contribution in [0.4, 0.5) is 11.4 Å². The monoisotopic (exact) mass is 390 g/mol. The number of anilines is 2. The molecule has 6 nitrogen and oxygen atoms in total. The van der Waals surface area contributed by atoms with Gasteiger partial charge in [0.05, 0.1) is 11.6 Å². The number of hydrogen-bond acceptors (Lipinski definition) is 4. The van der Waals surface area contributed by atoms with E-state index >= 15 is 0 Å². The van der Waals surface area contributed by atoms with Crippen LogP contribution in [0.25, 0.3) is 0 Å². The van der Waals surface area contributed by atoms with Gasteiger partial charge in [0.1, 0.15) is 0 Å². The summed E-state index contributed by atoms with van der Waals surface area (Å²) in [7, 11) is 0. The fraction of sp³-hybridized carbons (Fsp3) is 0.348. The van der Waals surface area contributed by atoms with E-state index in [0.717, 1.165) is 13.1 Å². The van der Waals surface area contributed by atoms with Crippen LogP contribution in [0.3, 0.4) is 0 Å². The number of aryl methyl sites for hydroxylation is 1. The first-order valence-corrected chi connectivity index (χ1v) is 9.85. The molecular weight excluding hydrogens is 364 g/mol. The van der Waals surface area contributed by atoms with Gasteiger partial charge in [-0.2, -0.15) is 5.26 Å². The fourth-order valence-corrected chi connectivity index (χ4v) is 3.62. The quantitative estimate of drug-likeness (QED) is 0.787.